The summed E-state index contributed by atoms with van der Waals surface area (Å²) in [6.45, 7) is 0. The van der Waals surface area contributed by atoms with E-state index in [0.29, 0.717) is 28.6 Å². The van der Waals surface area contributed by atoms with Gasteiger partial charge in [0, 0.05) is 34.5 Å². The van der Waals surface area contributed by atoms with Gasteiger partial charge in [-0.3, -0.25) is 14.4 Å². The first kappa shape index (κ1) is 26.9. The highest BCUT2D eigenvalue weighted by Crippen LogP contribution is 2.21. The molecule has 0 fully saturated rings. The van der Waals surface area contributed by atoms with Crippen LogP contribution < -0.4 is 24.8 Å². The summed E-state index contributed by atoms with van der Waals surface area (Å²) >= 11 is 0. The zero-order chi connectivity index (χ0) is 27.8. The predicted molar refractivity (Wildman–Crippen MR) is 149 cm³/mol. The van der Waals surface area contributed by atoms with Crippen LogP contribution in [0.15, 0.2) is 91.0 Å². The van der Waals surface area contributed by atoms with Gasteiger partial charge in [-0.1, -0.05) is 12.1 Å². The minimum atomic E-state index is -0.460. The Labute approximate surface area is 226 Å². The fourth-order valence-electron chi connectivity index (χ4n) is 3.84. The number of methoxy groups -OCH3 is 3. The number of nitrogens with one attached hydrogen (secondary N) is 2. The van der Waals surface area contributed by atoms with Crippen LogP contribution in [0.2, 0.25) is 0 Å². The lowest BCUT2D eigenvalue weighted by molar-refractivity contribution is 0.0993. The van der Waals surface area contributed by atoms with E-state index in [2.05, 4.69) is 10.6 Å². The molecule has 0 saturated heterocycles. The van der Waals surface area contributed by atoms with Crippen molar-refractivity contribution < 1.29 is 28.6 Å². The number of carbonyl (C=O) groups is 3. The third-order valence-corrected chi connectivity index (χ3v) is 6.00. The van der Waals surface area contributed by atoms with Gasteiger partial charge in [0.15, 0.2) is 5.78 Å². The fraction of sp³-hybridized carbons (Fsp3) is 0.129. The van der Waals surface area contributed by atoms with Gasteiger partial charge in [-0.15, -0.1) is 0 Å². The number of ketones is 1. The SMILES string of the molecule is COc1ccc(CC(=O)c2cc(C(=O)Nc3ccc(OC)cc3)cc(C(=O)Nc3ccc(OC)cc3)c2)cc1. The largest absolute Gasteiger partial charge is 0.497 e. The number of carbonyl (C=O) groups excluding carboxylic acids is 3. The van der Waals surface area contributed by atoms with E-state index in [0.717, 1.165) is 5.56 Å². The first-order valence-electron chi connectivity index (χ1n) is 12.1. The monoisotopic (exact) mass is 524 g/mol. The van der Waals surface area contributed by atoms with Crippen LogP contribution in [0.25, 0.3) is 0 Å². The van der Waals surface area contributed by atoms with Gasteiger partial charge in [0.2, 0.25) is 0 Å². The molecule has 8 heteroatoms. The van der Waals surface area contributed by atoms with Crippen molar-refractivity contribution in [1.29, 1.82) is 0 Å². The van der Waals surface area contributed by atoms with Crippen molar-refractivity contribution >= 4 is 29.0 Å². The van der Waals surface area contributed by atoms with Gasteiger partial charge in [0.25, 0.3) is 11.8 Å². The third kappa shape index (κ3) is 7.01. The number of benzene rings is 4. The van der Waals surface area contributed by atoms with Crippen LogP contribution in [-0.2, 0) is 6.42 Å². The lowest BCUT2D eigenvalue weighted by Gasteiger charge is -2.12. The molecule has 2 N–H and O–H groups in total. The number of rotatable bonds is 10. The van der Waals surface area contributed by atoms with Gasteiger partial charge < -0.3 is 24.8 Å². The van der Waals surface area contributed by atoms with E-state index in [1.807, 2.05) is 0 Å². The van der Waals surface area contributed by atoms with Gasteiger partial charge in [0.1, 0.15) is 17.2 Å². The van der Waals surface area contributed by atoms with Crippen LogP contribution in [0.5, 0.6) is 17.2 Å². The lowest BCUT2D eigenvalue weighted by Crippen LogP contribution is -2.18. The van der Waals surface area contributed by atoms with Gasteiger partial charge in [-0.25, -0.2) is 0 Å². The topological polar surface area (TPSA) is 103 Å². The van der Waals surface area contributed by atoms with Gasteiger partial charge >= 0.3 is 0 Å². The zero-order valence-electron chi connectivity index (χ0n) is 21.8. The highest BCUT2D eigenvalue weighted by molar-refractivity contribution is 6.11. The number of hydrogen-bond donors (Lipinski definition) is 2. The molecule has 0 bridgehead atoms. The predicted octanol–water partition coefficient (Wildman–Crippen LogP) is 5.64. The average molecular weight is 525 g/mol. The van der Waals surface area contributed by atoms with Crippen molar-refractivity contribution in [2.75, 3.05) is 32.0 Å². The average Bonchev–Trinajstić information content (AvgIpc) is 2.98. The first-order chi connectivity index (χ1) is 18.9. The van der Waals surface area contributed by atoms with E-state index < -0.39 is 11.8 Å². The van der Waals surface area contributed by atoms with Gasteiger partial charge in [-0.05, 0) is 84.4 Å². The second-order valence-corrected chi connectivity index (χ2v) is 8.61. The Bertz CT molecular complexity index is 1270. The number of Topliss-reactive ketones (excluding diaryl/α,β-unsaturated/α-hetero) is 1. The smallest absolute Gasteiger partial charge is 0.255 e. The van der Waals surface area contributed by atoms with Crippen LogP contribution in [0.1, 0.15) is 36.6 Å². The Morgan fingerprint density at radius 3 is 1.28 bits per heavy atom. The molecule has 0 aliphatic carbocycles. The summed E-state index contributed by atoms with van der Waals surface area (Å²) in [4.78, 5) is 39.6. The normalized spacial score (nSPS) is 10.3. The molecule has 4 rings (SSSR count). The molecular formula is C31H28N2O6. The molecule has 0 radical (unpaired) electrons. The molecule has 2 amide bonds. The number of anilines is 2. The van der Waals surface area contributed by atoms with E-state index in [1.165, 1.54) is 18.2 Å². The fourth-order valence-corrected chi connectivity index (χ4v) is 3.84. The Morgan fingerprint density at radius 2 is 0.897 bits per heavy atom. The van der Waals surface area contributed by atoms with Crippen LogP contribution >= 0.6 is 0 Å². The van der Waals surface area contributed by atoms with Crippen molar-refractivity contribution in [3.8, 4) is 17.2 Å². The Hall–Kier alpha value is -5.11. The van der Waals surface area contributed by atoms with Crippen molar-refractivity contribution in [2.24, 2.45) is 0 Å². The summed E-state index contributed by atoms with van der Waals surface area (Å²) in [5.74, 6) is 0.822. The van der Waals surface area contributed by atoms with E-state index >= 15 is 0 Å². The molecule has 0 aromatic heterocycles. The quantitative estimate of drug-likeness (QED) is 0.260. The molecule has 4 aromatic carbocycles. The standard InChI is InChI=1S/C31H28N2O6/c1-37-26-10-4-20(5-11-26)16-29(34)21-17-22(30(35)32-24-6-12-27(38-2)13-7-24)19-23(18-21)31(36)33-25-8-14-28(39-3)15-9-25/h4-15,17-19H,16H2,1-3H3,(H,32,35)(H,33,36). The van der Waals surface area contributed by atoms with Crippen molar-refractivity contribution in [1.82, 2.24) is 0 Å². The summed E-state index contributed by atoms with van der Waals surface area (Å²) in [6, 6.07) is 25.3. The second kappa shape index (κ2) is 12.4. The van der Waals surface area contributed by atoms with E-state index in [-0.39, 0.29) is 28.9 Å². The molecule has 4 aromatic rings. The first-order valence-corrected chi connectivity index (χ1v) is 12.1. The van der Waals surface area contributed by atoms with Crippen LogP contribution in [0, 0.1) is 0 Å². The van der Waals surface area contributed by atoms with E-state index in [9.17, 15) is 14.4 Å². The molecular weight excluding hydrogens is 496 g/mol. The van der Waals surface area contributed by atoms with Crippen molar-refractivity contribution in [3.05, 3.63) is 113 Å². The maximum atomic E-state index is 13.3. The molecule has 0 spiro atoms. The summed E-state index contributed by atoms with van der Waals surface area (Å²) < 4.78 is 15.5. The van der Waals surface area contributed by atoms with Crippen LogP contribution in [-0.4, -0.2) is 38.9 Å². The molecule has 0 aliphatic rings. The highest BCUT2D eigenvalue weighted by Gasteiger charge is 2.18. The van der Waals surface area contributed by atoms with Gasteiger partial charge in [-0.2, -0.15) is 0 Å². The minimum absolute atomic E-state index is 0.0904. The zero-order valence-corrected chi connectivity index (χ0v) is 21.8. The molecule has 0 atom stereocenters. The summed E-state index contributed by atoms with van der Waals surface area (Å²) in [7, 11) is 4.68. The maximum Gasteiger partial charge on any atom is 0.255 e. The molecule has 0 aliphatic heterocycles. The Balaban J connectivity index is 1.62. The Morgan fingerprint density at radius 1 is 0.538 bits per heavy atom. The Kier molecular flexibility index (Phi) is 8.58. The minimum Gasteiger partial charge on any atom is -0.497 e. The van der Waals surface area contributed by atoms with E-state index in [1.54, 1.807) is 94.1 Å². The van der Waals surface area contributed by atoms with Crippen LogP contribution in [0.4, 0.5) is 11.4 Å². The summed E-state index contributed by atoms with van der Waals surface area (Å²) in [5.41, 5.74) is 2.45. The molecule has 0 unspecified atom stereocenters. The summed E-state index contributed by atoms with van der Waals surface area (Å²) in [5, 5.41) is 5.60. The third-order valence-electron chi connectivity index (χ3n) is 6.00. The highest BCUT2D eigenvalue weighted by atomic mass is 16.5. The van der Waals surface area contributed by atoms with E-state index in [4.69, 9.17) is 14.2 Å². The van der Waals surface area contributed by atoms with Crippen LogP contribution in [0.3, 0.4) is 0 Å². The number of amides is 2. The van der Waals surface area contributed by atoms with Crippen molar-refractivity contribution in [2.45, 2.75) is 6.42 Å². The number of hydrogen-bond acceptors (Lipinski definition) is 6. The molecule has 8 nitrogen and oxygen atoms in total. The summed E-state index contributed by atoms with van der Waals surface area (Å²) in [6.07, 6.45) is 0.0904. The molecule has 0 heterocycles. The molecule has 0 saturated carbocycles. The maximum absolute atomic E-state index is 13.3. The lowest BCUT2D eigenvalue weighted by atomic mass is 9.97. The second-order valence-electron chi connectivity index (χ2n) is 8.61. The van der Waals surface area contributed by atoms with Crippen molar-refractivity contribution in [3.63, 3.8) is 0 Å². The van der Waals surface area contributed by atoms with Gasteiger partial charge in [0.05, 0.1) is 21.3 Å². The molecule has 39 heavy (non-hydrogen) atoms. The molecule has 198 valence electrons. The number of ether oxygens (including phenoxy) is 3.